The Balaban J connectivity index is 1.64. The molecule has 0 aliphatic carbocycles. The van der Waals surface area contributed by atoms with Gasteiger partial charge in [-0.1, -0.05) is 24.3 Å². The van der Waals surface area contributed by atoms with Gasteiger partial charge in [-0.05, 0) is 29.8 Å². The summed E-state index contributed by atoms with van der Waals surface area (Å²) in [5.74, 6) is 1.16. The lowest BCUT2D eigenvalue weighted by atomic mass is 9.89. The molecule has 30 heavy (non-hydrogen) atoms. The monoisotopic (exact) mass is 413 g/mol. The summed E-state index contributed by atoms with van der Waals surface area (Å²) in [4.78, 5) is 25.0. The van der Waals surface area contributed by atoms with Crippen LogP contribution in [0.2, 0.25) is 0 Å². The van der Waals surface area contributed by atoms with Crippen LogP contribution in [-0.4, -0.2) is 57.8 Å². The second-order valence-corrected chi connectivity index (χ2v) is 7.07. The lowest BCUT2D eigenvalue weighted by molar-refractivity contribution is -0.145. The standard InChI is InChI=1S/C23H27NO6/c1-27-21-10-9-17(19-14-24(16-25)15-20(19)23(26)28-2)13-22(21)30-12-6-11-29-18-7-4-3-5-8-18/h3-5,7-10,13,16,19-20H,6,11-12,14-15H2,1-2H3/t19-,20+/m1/s1. The van der Waals surface area contributed by atoms with E-state index in [1.807, 2.05) is 48.5 Å². The predicted molar refractivity (Wildman–Crippen MR) is 111 cm³/mol. The summed E-state index contributed by atoms with van der Waals surface area (Å²) < 4.78 is 22.0. The highest BCUT2D eigenvalue weighted by Crippen LogP contribution is 2.37. The van der Waals surface area contributed by atoms with Gasteiger partial charge in [-0.3, -0.25) is 9.59 Å². The van der Waals surface area contributed by atoms with E-state index >= 15 is 0 Å². The number of hydrogen-bond acceptors (Lipinski definition) is 6. The minimum Gasteiger partial charge on any atom is -0.493 e. The second kappa shape index (κ2) is 10.5. The van der Waals surface area contributed by atoms with Crippen LogP contribution in [0.1, 0.15) is 17.9 Å². The number of likely N-dealkylation sites (tertiary alicyclic amines) is 1. The Morgan fingerprint density at radius 1 is 1.03 bits per heavy atom. The molecule has 0 spiro atoms. The molecule has 0 N–H and O–H groups in total. The lowest BCUT2D eigenvalue weighted by Gasteiger charge is -2.19. The quantitative estimate of drug-likeness (QED) is 0.339. The van der Waals surface area contributed by atoms with Crippen LogP contribution in [0.25, 0.3) is 0 Å². The van der Waals surface area contributed by atoms with Crippen molar-refractivity contribution in [3.8, 4) is 17.2 Å². The topological polar surface area (TPSA) is 74.3 Å². The fourth-order valence-electron chi connectivity index (χ4n) is 3.63. The first-order chi connectivity index (χ1) is 14.7. The summed E-state index contributed by atoms with van der Waals surface area (Å²) in [5.41, 5.74) is 0.908. The molecule has 0 unspecified atom stereocenters. The largest absolute Gasteiger partial charge is 0.493 e. The van der Waals surface area contributed by atoms with Crippen LogP contribution >= 0.6 is 0 Å². The number of ether oxygens (including phenoxy) is 4. The third-order valence-electron chi connectivity index (χ3n) is 5.18. The molecule has 1 aliphatic heterocycles. The highest BCUT2D eigenvalue weighted by Gasteiger charge is 2.39. The summed E-state index contributed by atoms with van der Waals surface area (Å²) in [6, 6.07) is 15.2. The number of benzene rings is 2. The van der Waals surface area contributed by atoms with Crippen molar-refractivity contribution >= 4 is 12.4 Å². The molecule has 3 rings (SSSR count). The first-order valence-corrected chi connectivity index (χ1v) is 9.92. The Kier molecular flexibility index (Phi) is 7.54. The molecule has 2 atom stereocenters. The summed E-state index contributed by atoms with van der Waals surface area (Å²) in [6.07, 6.45) is 1.47. The zero-order valence-corrected chi connectivity index (χ0v) is 17.3. The molecule has 0 aromatic heterocycles. The van der Waals surface area contributed by atoms with Crippen LogP contribution in [0.3, 0.4) is 0 Å². The molecule has 7 heteroatoms. The van der Waals surface area contributed by atoms with Gasteiger partial charge in [-0.25, -0.2) is 0 Å². The third kappa shape index (κ3) is 5.23. The molecule has 0 saturated carbocycles. The number of para-hydroxylation sites is 1. The summed E-state index contributed by atoms with van der Waals surface area (Å²) in [5, 5.41) is 0. The molecule has 2 aromatic carbocycles. The van der Waals surface area contributed by atoms with Crippen molar-refractivity contribution in [2.75, 3.05) is 40.5 Å². The van der Waals surface area contributed by atoms with Gasteiger partial charge in [0, 0.05) is 25.4 Å². The number of rotatable bonds is 10. The van der Waals surface area contributed by atoms with Crippen molar-refractivity contribution < 1.29 is 28.5 Å². The van der Waals surface area contributed by atoms with Crippen LogP contribution < -0.4 is 14.2 Å². The zero-order valence-electron chi connectivity index (χ0n) is 17.3. The van der Waals surface area contributed by atoms with Crippen molar-refractivity contribution in [2.24, 2.45) is 5.92 Å². The predicted octanol–water partition coefficient (Wildman–Crippen LogP) is 2.89. The van der Waals surface area contributed by atoms with Crippen LogP contribution in [0.5, 0.6) is 17.2 Å². The van der Waals surface area contributed by atoms with Crippen LogP contribution in [0.4, 0.5) is 0 Å². The van der Waals surface area contributed by atoms with Crippen LogP contribution in [0, 0.1) is 5.92 Å². The molecule has 7 nitrogen and oxygen atoms in total. The minimum atomic E-state index is -0.402. The molecule has 2 aromatic rings. The maximum Gasteiger partial charge on any atom is 0.311 e. The number of carbonyl (C=O) groups is 2. The molecule has 0 radical (unpaired) electrons. The highest BCUT2D eigenvalue weighted by molar-refractivity contribution is 5.75. The van der Waals surface area contributed by atoms with E-state index in [9.17, 15) is 9.59 Å². The van der Waals surface area contributed by atoms with Gasteiger partial charge in [0.05, 0.1) is 33.4 Å². The molecule has 1 saturated heterocycles. The maximum atomic E-state index is 12.2. The third-order valence-corrected chi connectivity index (χ3v) is 5.18. The van der Waals surface area contributed by atoms with E-state index in [0.717, 1.165) is 17.7 Å². The number of hydrogen-bond donors (Lipinski definition) is 0. The fraction of sp³-hybridized carbons (Fsp3) is 0.391. The molecule has 1 aliphatic rings. The molecular formula is C23H27NO6. The number of carbonyl (C=O) groups excluding carboxylic acids is 2. The Hall–Kier alpha value is -3.22. The van der Waals surface area contributed by atoms with E-state index < -0.39 is 5.92 Å². The Morgan fingerprint density at radius 3 is 2.50 bits per heavy atom. The SMILES string of the molecule is COC(=O)[C@H]1CN(C=O)C[C@@H]1c1ccc(OC)c(OCCCOc2ccccc2)c1. The molecule has 1 fully saturated rings. The van der Waals surface area contributed by atoms with E-state index in [4.69, 9.17) is 18.9 Å². The molecular weight excluding hydrogens is 386 g/mol. The van der Waals surface area contributed by atoms with Gasteiger partial charge in [-0.2, -0.15) is 0 Å². The number of nitrogens with zero attached hydrogens (tertiary/aromatic N) is 1. The normalized spacial score (nSPS) is 18.0. The first-order valence-electron chi connectivity index (χ1n) is 9.92. The van der Waals surface area contributed by atoms with Gasteiger partial charge in [0.15, 0.2) is 11.5 Å². The van der Waals surface area contributed by atoms with Crippen molar-refractivity contribution in [1.82, 2.24) is 4.90 Å². The van der Waals surface area contributed by atoms with Crippen LogP contribution in [0.15, 0.2) is 48.5 Å². The summed E-state index contributed by atoms with van der Waals surface area (Å²) in [6.45, 7) is 1.80. The maximum absolute atomic E-state index is 12.2. The van der Waals surface area contributed by atoms with Crippen molar-refractivity contribution in [3.05, 3.63) is 54.1 Å². The lowest BCUT2D eigenvalue weighted by Crippen LogP contribution is -2.24. The number of methoxy groups -OCH3 is 2. The van der Waals surface area contributed by atoms with Gasteiger partial charge in [0.1, 0.15) is 5.75 Å². The summed E-state index contributed by atoms with van der Waals surface area (Å²) in [7, 11) is 2.95. The van der Waals surface area contributed by atoms with Gasteiger partial charge < -0.3 is 23.8 Å². The van der Waals surface area contributed by atoms with Crippen molar-refractivity contribution in [1.29, 1.82) is 0 Å². The average molecular weight is 413 g/mol. The van der Waals surface area contributed by atoms with E-state index in [1.54, 1.807) is 12.0 Å². The smallest absolute Gasteiger partial charge is 0.311 e. The minimum absolute atomic E-state index is 0.155. The fourth-order valence-corrected chi connectivity index (χ4v) is 3.63. The van der Waals surface area contributed by atoms with Gasteiger partial charge in [0.25, 0.3) is 0 Å². The van der Waals surface area contributed by atoms with E-state index in [1.165, 1.54) is 7.11 Å². The van der Waals surface area contributed by atoms with E-state index in [-0.39, 0.29) is 11.9 Å². The van der Waals surface area contributed by atoms with Crippen molar-refractivity contribution in [2.45, 2.75) is 12.3 Å². The molecule has 1 heterocycles. The van der Waals surface area contributed by atoms with Gasteiger partial charge >= 0.3 is 5.97 Å². The Bertz CT molecular complexity index is 841. The highest BCUT2D eigenvalue weighted by atomic mass is 16.5. The molecule has 160 valence electrons. The zero-order chi connectivity index (χ0) is 21.3. The first kappa shape index (κ1) is 21.5. The van der Waals surface area contributed by atoms with Gasteiger partial charge in [0.2, 0.25) is 6.41 Å². The van der Waals surface area contributed by atoms with Gasteiger partial charge in [-0.15, -0.1) is 0 Å². The van der Waals surface area contributed by atoms with E-state index in [2.05, 4.69) is 0 Å². The summed E-state index contributed by atoms with van der Waals surface area (Å²) >= 11 is 0. The average Bonchev–Trinajstić information content (AvgIpc) is 3.23. The molecule has 0 bridgehead atoms. The number of esters is 1. The van der Waals surface area contributed by atoms with Crippen LogP contribution in [-0.2, 0) is 14.3 Å². The van der Waals surface area contributed by atoms with E-state index in [0.29, 0.717) is 44.2 Å². The Morgan fingerprint density at radius 2 is 1.80 bits per heavy atom. The number of amides is 1. The van der Waals surface area contributed by atoms with Crippen molar-refractivity contribution in [3.63, 3.8) is 0 Å². The second-order valence-electron chi connectivity index (χ2n) is 7.07. The molecule has 1 amide bonds. The Labute approximate surface area is 176 Å².